The van der Waals surface area contributed by atoms with E-state index in [9.17, 15) is 4.79 Å². The fourth-order valence-electron chi connectivity index (χ4n) is 1.20. The van der Waals surface area contributed by atoms with E-state index >= 15 is 0 Å². The molecule has 1 atom stereocenters. The molecule has 0 aliphatic carbocycles. The van der Waals surface area contributed by atoms with Crippen molar-refractivity contribution >= 4 is 34.9 Å². The maximum atomic E-state index is 11.9. The molecule has 0 radical (unpaired) electrons. The van der Waals surface area contributed by atoms with Crippen LogP contribution in [0.3, 0.4) is 0 Å². The summed E-state index contributed by atoms with van der Waals surface area (Å²) in [5.41, 5.74) is 0.0739. The lowest BCUT2D eigenvalue weighted by Crippen LogP contribution is -2.24. The predicted molar refractivity (Wildman–Crippen MR) is 73.9 cm³/mol. The fourth-order valence-corrected chi connectivity index (χ4v) is 1.48. The monoisotopic (exact) mass is 289 g/mol. The van der Waals surface area contributed by atoms with E-state index in [0.717, 1.165) is 0 Å². The summed E-state index contributed by atoms with van der Waals surface area (Å²) in [5, 5.41) is 2.94. The summed E-state index contributed by atoms with van der Waals surface area (Å²) in [6.07, 6.45) is 1.67. The van der Waals surface area contributed by atoms with Gasteiger partial charge in [-0.05, 0) is 11.3 Å². The number of hydrogen-bond acceptors (Lipinski definition) is 3. The highest BCUT2D eigenvalue weighted by Crippen LogP contribution is 2.29. The molecule has 1 aromatic rings. The van der Waals surface area contributed by atoms with Gasteiger partial charge in [-0.25, -0.2) is 9.97 Å². The Balaban J connectivity index is 2.69. The third-order valence-electron chi connectivity index (χ3n) is 2.97. The van der Waals surface area contributed by atoms with E-state index in [1.54, 1.807) is 0 Å². The first-order valence-corrected chi connectivity index (χ1v) is 6.43. The molecule has 6 heteroatoms. The summed E-state index contributed by atoms with van der Waals surface area (Å²) < 4.78 is 0. The second-order valence-electron chi connectivity index (χ2n) is 5.35. The Labute approximate surface area is 117 Å². The third kappa shape index (κ3) is 4.10. The zero-order valence-corrected chi connectivity index (χ0v) is 12.4. The van der Waals surface area contributed by atoms with E-state index in [0.29, 0.717) is 6.42 Å². The molecule has 0 spiro atoms. The SMILES string of the molecule is CC(CC(=O)Nc1ncnc(Cl)c1Cl)C(C)(C)C. The number of rotatable bonds is 3. The molecule has 1 N–H and O–H groups in total. The highest BCUT2D eigenvalue weighted by molar-refractivity contribution is 6.42. The van der Waals surface area contributed by atoms with Crippen molar-refractivity contribution < 1.29 is 4.79 Å². The molecule has 0 aromatic carbocycles. The van der Waals surface area contributed by atoms with Crippen molar-refractivity contribution in [1.29, 1.82) is 0 Å². The fraction of sp³-hybridized carbons (Fsp3) is 0.583. The van der Waals surface area contributed by atoms with E-state index in [1.165, 1.54) is 6.33 Å². The first-order valence-electron chi connectivity index (χ1n) is 5.67. The smallest absolute Gasteiger partial charge is 0.225 e. The average Bonchev–Trinajstić information content (AvgIpc) is 2.23. The molecule has 0 saturated carbocycles. The van der Waals surface area contributed by atoms with Crippen LogP contribution in [0.1, 0.15) is 34.1 Å². The van der Waals surface area contributed by atoms with Crippen molar-refractivity contribution in [2.45, 2.75) is 34.1 Å². The van der Waals surface area contributed by atoms with Gasteiger partial charge in [-0.1, -0.05) is 50.9 Å². The van der Waals surface area contributed by atoms with E-state index in [2.05, 4.69) is 36.1 Å². The molecule has 1 aromatic heterocycles. The molecular weight excluding hydrogens is 273 g/mol. The minimum atomic E-state index is -0.130. The number of halogens is 2. The van der Waals surface area contributed by atoms with Gasteiger partial charge < -0.3 is 5.32 Å². The lowest BCUT2D eigenvalue weighted by atomic mass is 9.80. The lowest BCUT2D eigenvalue weighted by Gasteiger charge is -2.26. The molecule has 18 heavy (non-hydrogen) atoms. The normalized spacial score (nSPS) is 13.2. The highest BCUT2D eigenvalue weighted by atomic mass is 35.5. The molecule has 1 rings (SSSR count). The second kappa shape index (κ2) is 5.85. The Morgan fingerprint density at radius 3 is 2.56 bits per heavy atom. The van der Waals surface area contributed by atoms with Gasteiger partial charge in [0.15, 0.2) is 11.0 Å². The molecular formula is C12H17Cl2N3O. The van der Waals surface area contributed by atoms with Crippen molar-refractivity contribution in [3.63, 3.8) is 0 Å². The van der Waals surface area contributed by atoms with Crippen molar-refractivity contribution in [3.05, 3.63) is 16.5 Å². The number of nitrogens with one attached hydrogen (secondary N) is 1. The molecule has 0 bridgehead atoms. The lowest BCUT2D eigenvalue weighted by molar-refractivity contribution is -0.117. The number of hydrogen-bond donors (Lipinski definition) is 1. The van der Waals surface area contributed by atoms with Crippen LogP contribution in [0.4, 0.5) is 5.82 Å². The summed E-state index contributed by atoms with van der Waals surface area (Å²) in [6.45, 7) is 8.33. The molecule has 0 aliphatic rings. The zero-order valence-electron chi connectivity index (χ0n) is 10.9. The second-order valence-corrected chi connectivity index (χ2v) is 6.08. The van der Waals surface area contributed by atoms with Gasteiger partial charge in [-0.2, -0.15) is 0 Å². The molecule has 1 amide bonds. The van der Waals surface area contributed by atoms with E-state index in [4.69, 9.17) is 23.2 Å². The topological polar surface area (TPSA) is 54.9 Å². The van der Waals surface area contributed by atoms with Crippen LogP contribution < -0.4 is 5.32 Å². The van der Waals surface area contributed by atoms with Gasteiger partial charge >= 0.3 is 0 Å². The number of amides is 1. The average molecular weight is 290 g/mol. The number of carbonyl (C=O) groups is 1. The number of carbonyl (C=O) groups excluding carboxylic acids is 1. The van der Waals surface area contributed by atoms with Crippen LogP contribution in [-0.2, 0) is 4.79 Å². The van der Waals surface area contributed by atoms with Gasteiger partial charge in [0.1, 0.15) is 11.3 Å². The van der Waals surface area contributed by atoms with Gasteiger partial charge in [0.25, 0.3) is 0 Å². The van der Waals surface area contributed by atoms with Gasteiger partial charge in [-0.3, -0.25) is 4.79 Å². The van der Waals surface area contributed by atoms with Crippen molar-refractivity contribution in [3.8, 4) is 0 Å². The first kappa shape index (κ1) is 15.2. The zero-order chi connectivity index (χ0) is 13.9. The van der Waals surface area contributed by atoms with Crippen LogP contribution in [0.15, 0.2) is 6.33 Å². The Kier molecular flexibility index (Phi) is 4.93. The molecule has 1 unspecified atom stereocenters. The van der Waals surface area contributed by atoms with Crippen LogP contribution in [-0.4, -0.2) is 15.9 Å². The predicted octanol–water partition coefficient (Wildman–Crippen LogP) is 3.79. The van der Waals surface area contributed by atoms with Crippen LogP contribution in [0.5, 0.6) is 0 Å². The number of nitrogens with zero attached hydrogens (tertiary/aromatic N) is 2. The minimum absolute atomic E-state index is 0.0739. The molecule has 0 aliphatic heterocycles. The third-order valence-corrected chi connectivity index (χ3v) is 3.72. The van der Waals surface area contributed by atoms with Crippen LogP contribution in [0.2, 0.25) is 10.2 Å². The van der Waals surface area contributed by atoms with Gasteiger partial charge in [0.2, 0.25) is 5.91 Å². The Bertz CT molecular complexity index is 443. The van der Waals surface area contributed by atoms with Crippen molar-refractivity contribution in [1.82, 2.24) is 9.97 Å². The van der Waals surface area contributed by atoms with E-state index in [1.807, 2.05) is 6.92 Å². The summed E-state index contributed by atoms with van der Waals surface area (Å²) in [5.74, 6) is 0.366. The van der Waals surface area contributed by atoms with Gasteiger partial charge in [0.05, 0.1) is 0 Å². The van der Waals surface area contributed by atoms with Gasteiger partial charge in [0, 0.05) is 6.42 Å². The van der Waals surface area contributed by atoms with Crippen molar-refractivity contribution in [2.75, 3.05) is 5.32 Å². The Morgan fingerprint density at radius 2 is 2.00 bits per heavy atom. The molecule has 0 fully saturated rings. The largest absolute Gasteiger partial charge is 0.309 e. The van der Waals surface area contributed by atoms with Gasteiger partial charge in [-0.15, -0.1) is 0 Å². The Morgan fingerprint density at radius 1 is 1.39 bits per heavy atom. The summed E-state index contributed by atoms with van der Waals surface area (Å²) in [6, 6.07) is 0. The first-order chi connectivity index (χ1) is 8.21. The maximum absolute atomic E-state index is 11.9. The highest BCUT2D eigenvalue weighted by Gasteiger charge is 2.23. The molecule has 1 heterocycles. The summed E-state index contributed by atoms with van der Waals surface area (Å²) >= 11 is 11.6. The maximum Gasteiger partial charge on any atom is 0.225 e. The quantitative estimate of drug-likeness (QED) is 0.861. The van der Waals surface area contributed by atoms with Crippen LogP contribution in [0, 0.1) is 11.3 Å². The molecule has 0 saturated heterocycles. The summed E-state index contributed by atoms with van der Waals surface area (Å²) in [4.78, 5) is 19.5. The minimum Gasteiger partial charge on any atom is -0.309 e. The van der Waals surface area contributed by atoms with Crippen LogP contribution >= 0.6 is 23.2 Å². The molecule has 100 valence electrons. The molecule has 4 nitrogen and oxygen atoms in total. The van der Waals surface area contributed by atoms with Crippen LogP contribution in [0.25, 0.3) is 0 Å². The van der Waals surface area contributed by atoms with E-state index in [-0.39, 0.29) is 33.2 Å². The van der Waals surface area contributed by atoms with Crippen molar-refractivity contribution in [2.24, 2.45) is 11.3 Å². The Hall–Kier alpha value is -0.870. The number of aromatic nitrogens is 2. The number of anilines is 1. The standard InChI is InChI=1S/C12H17Cl2N3O/c1-7(12(2,3)4)5-8(18)17-11-9(13)10(14)15-6-16-11/h6-7H,5H2,1-4H3,(H,15,16,17,18). The summed E-state index contributed by atoms with van der Waals surface area (Å²) in [7, 11) is 0. The van der Waals surface area contributed by atoms with E-state index < -0.39 is 0 Å².